The van der Waals surface area contributed by atoms with Crippen LogP contribution in [0.1, 0.15) is 29.6 Å². The smallest absolute Gasteiger partial charge is 0.161 e. The lowest BCUT2D eigenvalue weighted by atomic mass is 10.1. The molecule has 0 amide bonds. The number of nitrogens with zero attached hydrogens (tertiary/aromatic N) is 3. The van der Waals surface area contributed by atoms with Crippen LogP contribution in [0.15, 0.2) is 18.2 Å². The van der Waals surface area contributed by atoms with Crippen molar-refractivity contribution in [3.63, 3.8) is 0 Å². The van der Waals surface area contributed by atoms with Gasteiger partial charge in [0.2, 0.25) is 0 Å². The van der Waals surface area contributed by atoms with Gasteiger partial charge in [0.1, 0.15) is 5.82 Å². The molecule has 0 bridgehead atoms. The van der Waals surface area contributed by atoms with E-state index in [-0.39, 0.29) is 12.5 Å². The Hall–Kier alpha value is -2.12. The van der Waals surface area contributed by atoms with Crippen LogP contribution in [0, 0.1) is 0 Å². The maximum Gasteiger partial charge on any atom is 0.161 e. The van der Waals surface area contributed by atoms with Gasteiger partial charge in [0.25, 0.3) is 0 Å². The van der Waals surface area contributed by atoms with Gasteiger partial charge in [0.05, 0.1) is 34.0 Å². The summed E-state index contributed by atoms with van der Waals surface area (Å²) in [6.07, 6.45) is 1.54. The van der Waals surface area contributed by atoms with E-state index >= 15 is 0 Å². The molecule has 24 heavy (non-hydrogen) atoms. The van der Waals surface area contributed by atoms with Gasteiger partial charge in [-0.3, -0.25) is 0 Å². The predicted octanol–water partition coefficient (Wildman–Crippen LogP) is 1.38. The van der Waals surface area contributed by atoms with E-state index in [4.69, 9.17) is 19.2 Å². The molecule has 0 radical (unpaired) electrons. The summed E-state index contributed by atoms with van der Waals surface area (Å²) in [5.41, 5.74) is 1.04. The number of hydrogen-bond donors (Lipinski definition) is 1. The number of aromatic nitrogens is 3. The first-order valence-corrected chi connectivity index (χ1v) is 8.08. The van der Waals surface area contributed by atoms with E-state index in [1.54, 1.807) is 18.9 Å². The van der Waals surface area contributed by atoms with Gasteiger partial charge in [-0.1, -0.05) is 6.07 Å². The van der Waals surface area contributed by atoms with Crippen molar-refractivity contribution in [1.82, 2.24) is 14.8 Å². The molecule has 1 aliphatic rings. The van der Waals surface area contributed by atoms with Crippen LogP contribution in [0.2, 0.25) is 0 Å². The quantitative estimate of drug-likeness (QED) is 0.825. The third-order valence-corrected chi connectivity index (χ3v) is 4.16. The van der Waals surface area contributed by atoms with E-state index in [1.165, 1.54) is 0 Å². The lowest BCUT2D eigenvalue weighted by Crippen LogP contribution is -2.12. The summed E-state index contributed by atoms with van der Waals surface area (Å²) >= 11 is 0. The highest BCUT2D eigenvalue weighted by molar-refractivity contribution is 5.43. The van der Waals surface area contributed by atoms with Gasteiger partial charge in [0, 0.05) is 18.9 Å². The number of benzene rings is 1. The SMILES string of the molecule is COc1ccc(Cc2nc(C3CCOC3)n(CCO)n2)cc1OC. The van der Waals surface area contributed by atoms with Crippen molar-refractivity contribution in [3.05, 3.63) is 35.4 Å². The molecule has 1 aromatic heterocycles. The summed E-state index contributed by atoms with van der Waals surface area (Å²) in [6, 6.07) is 5.79. The minimum absolute atomic E-state index is 0.0414. The van der Waals surface area contributed by atoms with Gasteiger partial charge in [-0.25, -0.2) is 9.67 Å². The molecule has 1 saturated heterocycles. The Bertz CT molecular complexity index is 680. The van der Waals surface area contributed by atoms with Gasteiger partial charge < -0.3 is 19.3 Å². The van der Waals surface area contributed by atoms with Crippen molar-refractivity contribution in [2.75, 3.05) is 34.0 Å². The molecule has 0 saturated carbocycles. The molecule has 130 valence electrons. The van der Waals surface area contributed by atoms with Crippen molar-refractivity contribution in [2.24, 2.45) is 0 Å². The first-order chi connectivity index (χ1) is 11.7. The highest BCUT2D eigenvalue weighted by atomic mass is 16.5. The fraction of sp³-hybridized carbons (Fsp3) is 0.529. The van der Waals surface area contributed by atoms with Gasteiger partial charge >= 0.3 is 0 Å². The monoisotopic (exact) mass is 333 g/mol. The van der Waals surface area contributed by atoms with E-state index < -0.39 is 0 Å². The minimum Gasteiger partial charge on any atom is -0.493 e. The topological polar surface area (TPSA) is 78.6 Å². The molecule has 7 heteroatoms. The summed E-state index contributed by atoms with van der Waals surface area (Å²) in [7, 11) is 3.24. The van der Waals surface area contributed by atoms with Gasteiger partial charge in [-0.15, -0.1) is 0 Å². The number of aliphatic hydroxyl groups excluding tert-OH is 1. The third-order valence-electron chi connectivity index (χ3n) is 4.16. The second-order valence-corrected chi connectivity index (χ2v) is 5.76. The van der Waals surface area contributed by atoms with Crippen LogP contribution in [0.5, 0.6) is 11.5 Å². The summed E-state index contributed by atoms with van der Waals surface area (Å²) in [6.45, 7) is 1.91. The maximum atomic E-state index is 9.26. The minimum atomic E-state index is 0.0414. The molecule has 1 unspecified atom stereocenters. The second-order valence-electron chi connectivity index (χ2n) is 5.76. The Morgan fingerprint density at radius 3 is 2.79 bits per heavy atom. The van der Waals surface area contributed by atoms with Gasteiger partial charge in [0.15, 0.2) is 17.3 Å². The molecule has 1 N–H and O–H groups in total. The molecule has 1 atom stereocenters. The highest BCUT2D eigenvalue weighted by Gasteiger charge is 2.24. The van der Waals surface area contributed by atoms with Crippen LogP contribution in [0.4, 0.5) is 0 Å². The van der Waals surface area contributed by atoms with Crippen LogP contribution in [-0.2, 0) is 17.7 Å². The molecule has 2 heterocycles. The standard InChI is InChI=1S/C17H23N3O4/c1-22-14-4-3-12(9-15(14)23-2)10-16-18-17(13-5-8-24-11-13)20(19-16)6-7-21/h3-4,9,13,21H,5-8,10-11H2,1-2H3. The molecule has 3 rings (SSSR count). The van der Waals surface area contributed by atoms with E-state index in [2.05, 4.69) is 5.10 Å². The van der Waals surface area contributed by atoms with Crippen molar-refractivity contribution >= 4 is 0 Å². The molecule has 0 aliphatic carbocycles. The molecule has 1 fully saturated rings. The molecule has 1 aliphatic heterocycles. The van der Waals surface area contributed by atoms with Crippen LogP contribution in [0.25, 0.3) is 0 Å². The molecule has 1 aromatic carbocycles. The Balaban J connectivity index is 1.83. The summed E-state index contributed by atoms with van der Waals surface area (Å²) in [5, 5.41) is 13.8. The Kier molecular flexibility index (Phi) is 5.32. The van der Waals surface area contributed by atoms with Gasteiger partial charge in [-0.05, 0) is 24.1 Å². The lowest BCUT2D eigenvalue weighted by Gasteiger charge is -2.08. The highest BCUT2D eigenvalue weighted by Crippen LogP contribution is 2.29. The second kappa shape index (κ2) is 7.63. The zero-order chi connectivity index (χ0) is 16.9. The van der Waals surface area contributed by atoms with E-state index in [0.29, 0.717) is 31.1 Å². The van der Waals surface area contributed by atoms with Gasteiger partial charge in [-0.2, -0.15) is 5.10 Å². The Morgan fingerprint density at radius 1 is 1.29 bits per heavy atom. The zero-order valence-corrected chi connectivity index (χ0v) is 14.1. The van der Waals surface area contributed by atoms with Crippen molar-refractivity contribution in [2.45, 2.75) is 25.3 Å². The molecule has 7 nitrogen and oxygen atoms in total. The molecular formula is C17H23N3O4. The van der Waals surface area contributed by atoms with Crippen molar-refractivity contribution < 1.29 is 19.3 Å². The summed E-state index contributed by atoms with van der Waals surface area (Å²) < 4.78 is 17.9. The summed E-state index contributed by atoms with van der Waals surface area (Å²) in [5.74, 6) is 3.27. The van der Waals surface area contributed by atoms with E-state index in [9.17, 15) is 5.11 Å². The van der Waals surface area contributed by atoms with Crippen LogP contribution >= 0.6 is 0 Å². The average Bonchev–Trinajstić information content (AvgIpc) is 3.25. The van der Waals surface area contributed by atoms with E-state index in [0.717, 1.165) is 30.2 Å². The fourth-order valence-electron chi connectivity index (χ4n) is 2.95. The summed E-state index contributed by atoms with van der Waals surface area (Å²) in [4.78, 5) is 4.69. The van der Waals surface area contributed by atoms with Crippen LogP contribution < -0.4 is 9.47 Å². The maximum absolute atomic E-state index is 9.26. The molecular weight excluding hydrogens is 310 g/mol. The van der Waals surface area contributed by atoms with Crippen LogP contribution in [0.3, 0.4) is 0 Å². The number of ether oxygens (including phenoxy) is 3. The largest absolute Gasteiger partial charge is 0.493 e. The number of rotatable bonds is 7. The third kappa shape index (κ3) is 3.52. The Morgan fingerprint density at radius 2 is 2.12 bits per heavy atom. The van der Waals surface area contributed by atoms with Crippen molar-refractivity contribution in [1.29, 1.82) is 0 Å². The normalized spacial score (nSPS) is 17.2. The fourth-order valence-corrected chi connectivity index (χ4v) is 2.95. The lowest BCUT2D eigenvalue weighted by molar-refractivity contribution is 0.192. The first kappa shape index (κ1) is 16.7. The molecule has 2 aromatic rings. The van der Waals surface area contributed by atoms with Crippen molar-refractivity contribution in [3.8, 4) is 11.5 Å². The first-order valence-electron chi connectivity index (χ1n) is 8.08. The Labute approximate surface area is 141 Å². The average molecular weight is 333 g/mol. The molecule has 0 spiro atoms. The van der Waals surface area contributed by atoms with E-state index in [1.807, 2.05) is 18.2 Å². The predicted molar refractivity (Wildman–Crippen MR) is 87.6 cm³/mol. The number of aliphatic hydroxyl groups is 1. The van der Waals surface area contributed by atoms with Crippen LogP contribution in [-0.4, -0.2) is 53.9 Å². The zero-order valence-electron chi connectivity index (χ0n) is 14.1. The number of methoxy groups -OCH3 is 2. The number of hydrogen-bond acceptors (Lipinski definition) is 6.